The number of carboxylic acids is 1. The summed E-state index contributed by atoms with van der Waals surface area (Å²) in [5, 5.41) is 27.5. The molecule has 0 unspecified atom stereocenters. The van der Waals surface area contributed by atoms with Gasteiger partial charge in [-0.1, -0.05) is 18.2 Å². The Bertz CT molecular complexity index is 809. The zero-order valence-corrected chi connectivity index (χ0v) is 10.6. The van der Waals surface area contributed by atoms with E-state index in [4.69, 9.17) is 0 Å². The number of hydrogen-bond acceptors (Lipinski definition) is 7. The number of hydrogen-bond donors (Lipinski definition) is 3. The van der Waals surface area contributed by atoms with E-state index in [-0.39, 0.29) is 16.0 Å². The van der Waals surface area contributed by atoms with Gasteiger partial charge in [0, 0.05) is 5.56 Å². The molecule has 0 amide bonds. The summed E-state index contributed by atoms with van der Waals surface area (Å²) in [6.07, 6.45) is 0. The number of carboxylic acid groups (broad SMARTS) is 1. The molecule has 0 bridgehead atoms. The highest BCUT2D eigenvalue weighted by atomic mass is 32.1. The number of nitrogens with zero attached hydrogens (tertiary/aromatic N) is 2. The molecule has 0 aliphatic carbocycles. The normalized spacial score (nSPS) is 10.8. The second kappa shape index (κ2) is 5.45. The number of carbonyl (C=O) groups is 1. The topological polar surface area (TPSA) is 134 Å². The molecule has 0 fully saturated rings. The first-order valence-electron chi connectivity index (χ1n) is 5.26. The molecule has 0 spiro atoms. The summed E-state index contributed by atoms with van der Waals surface area (Å²) in [6.45, 7) is 0. The molecule has 0 aliphatic rings. The van der Waals surface area contributed by atoms with E-state index >= 15 is 0 Å². The van der Waals surface area contributed by atoms with Crippen molar-refractivity contribution in [1.29, 1.82) is 0 Å². The van der Waals surface area contributed by atoms with Gasteiger partial charge in [0.2, 0.25) is 11.6 Å². The van der Waals surface area contributed by atoms with Crippen LogP contribution in [0.15, 0.2) is 39.3 Å². The van der Waals surface area contributed by atoms with Gasteiger partial charge < -0.3 is 20.0 Å². The molecule has 3 N–H and O–H groups in total. The minimum absolute atomic E-state index is 0.00579. The van der Waals surface area contributed by atoms with Gasteiger partial charge in [0.25, 0.3) is 5.56 Å². The van der Waals surface area contributed by atoms with E-state index in [1.54, 1.807) is 6.07 Å². The number of aromatic nitrogens is 2. The fourth-order valence-corrected chi connectivity index (χ4v) is 1.59. The van der Waals surface area contributed by atoms with Gasteiger partial charge in [-0.3, -0.25) is 9.78 Å². The highest BCUT2D eigenvalue weighted by Crippen LogP contribution is 2.23. The molecule has 102 valence electrons. The molecule has 2 aromatic rings. The fraction of sp³-hybridized carbons (Fsp3) is 0. The third-order valence-corrected chi connectivity index (χ3v) is 2.48. The number of aromatic amines is 2. The number of azo groups is 1. The quantitative estimate of drug-likeness (QED) is 0.571. The van der Waals surface area contributed by atoms with Gasteiger partial charge in [-0.05, 0) is 18.3 Å². The van der Waals surface area contributed by atoms with E-state index in [0.29, 0.717) is 0 Å². The maximum Gasteiger partial charge on any atom is 0.283 e. The lowest BCUT2D eigenvalue weighted by Gasteiger charge is -2.04. The third-order valence-electron chi connectivity index (χ3n) is 2.28. The Morgan fingerprint density at radius 3 is 2.60 bits per heavy atom. The minimum atomic E-state index is -1.43. The van der Waals surface area contributed by atoms with Gasteiger partial charge >= 0.3 is 0 Å². The van der Waals surface area contributed by atoms with Crippen LogP contribution in [-0.4, -0.2) is 21.0 Å². The molecule has 1 aromatic heterocycles. The second-order valence-corrected chi connectivity index (χ2v) is 4.02. The van der Waals surface area contributed by atoms with Gasteiger partial charge in [-0.2, -0.15) is 0 Å². The van der Waals surface area contributed by atoms with Crippen LogP contribution in [0.4, 0.5) is 11.4 Å². The first kappa shape index (κ1) is 13.6. The van der Waals surface area contributed by atoms with Gasteiger partial charge in [0.1, 0.15) is 0 Å². The zero-order chi connectivity index (χ0) is 14.7. The van der Waals surface area contributed by atoms with Crippen molar-refractivity contribution in [2.75, 3.05) is 0 Å². The number of carbonyl (C=O) groups excluding carboxylic acids is 1. The van der Waals surface area contributed by atoms with E-state index in [0.717, 1.165) is 0 Å². The Balaban J connectivity index is 2.48. The van der Waals surface area contributed by atoms with Crippen LogP contribution in [0.25, 0.3) is 0 Å². The van der Waals surface area contributed by atoms with Crippen molar-refractivity contribution in [2.24, 2.45) is 10.2 Å². The van der Waals surface area contributed by atoms with Crippen molar-refractivity contribution >= 4 is 29.6 Å². The molecule has 0 aliphatic heterocycles. The molecule has 8 nitrogen and oxygen atoms in total. The van der Waals surface area contributed by atoms with E-state index in [2.05, 4.69) is 32.4 Å². The van der Waals surface area contributed by atoms with Crippen molar-refractivity contribution in [2.45, 2.75) is 0 Å². The molecule has 20 heavy (non-hydrogen) atoms. The average molecular weight is 291 g/mol. The SMILES string of the molecule is O=C([O-])c1ccccc1N=Nc1c(O)[nH]c(=S)[nH]c1=O. The fourth-order valence-electron chi connectivity index (χ4n) is 1.40. The summed E-state index contributed by atoms with van der Waals surface area (Å²) in [5.41, 5.74) is -1.35. The van der Waals surface area contributed by atoms with Crippen LogP contribution in [-0.2, 0) is 0 Å². The van der Waals surface area contributed by atoms with E-state index in [1.165, 1.54) is 18.2 Å². The molecule has 1 heterocycles. The minimum Gasteiger partial charge on any atom is -0.545 e. The molecular weight excluding hydrogens is 284 g/mol. The highest BCUT2D eigenvalue weighted by molar-refractivity contribution is 7.71. The lowest BCUT2D eigenvalue weighted by atomic mass is 10.2. The number of aromatic hydroxyl groups is 1. The number of rotatable bonds is 3. The van der Waals surface area contributed by atoms with Crippen molar-refractivity contribution < 1.29 is 15.0 Å². The lowest BCUT2D eigenvalue weighted by Crippen LogP contribution is -2.22. The Labute approximate surface area is 116 Å². The van der Waals surface area contributed by atoms with Crippen molar-refractivity contribution in [3.63, 3.8) is 0 Å². The van der Waals surface area contributed by atoms with Gasteiger partial charge in [0.15, 0.2) is 4.77 Å². The summed E-state index contributed by atoms with van der Waals surface area (Å²) in [4.78, 5) is 26.9. The largest absolute Gasteiger partial charge is 0.545 e. The summed E-state index contributed by atoms with van der Waals surface area (Å²) in [7, 11) is 0. The van der Waals surface area contributed by atoms with E-state index in [1.807, 2.05) is 0 Å². The van der Waals surface area contributed by atoms with E-state index in [9.17, 15) is 19.8 Å². The molecule has 2 rings (SSSR count). The lowest BCUT2D eigenvalue weighted by molar-refractivity contribution is -0.254. The van der Waals surface area contributed by atoms with Gasteiger partial charge in [-0.15, -0.1) is 10.2 Å². The molecule has 0 saturated heterocycles. The smallest absolute Gasteiger partial charge is 0.283 e. The predicted octanol–water partition coefficient (Wildman–Crippen LogP) is 0.917. The molecule has 1 aromatic carbocycles. The van der Waals surface area contributed by atoms with Crippen molar-refractivity contribution in [1.82, 2.24) is 9.97 Å². The van der Waals surface area contributed by atoms with Crippen LogP contribution in [0.5, 0.6) is 5.88 Å². The van der Waals surface area contributed by atoms with E-state index < -0.39 is 23.1 Å². The summed E-state index contributed by atoms with van der Waals surface area (Å²) < 4.78 is -0.0680. The highest BCUT2D eigenvalue weighted by Gasteiger charge is 2.07. The number of benzene rings is 1. The molecule has 9 heteroatoms. The molecule has 0 atom stereocenters. The maximum atomic E-state index is 11.5. The zero-order valence-electron chi connectivity index (χ0n) is 9.78. The van der Waals surface area contributed by atoms with Crippen LogP contribution in [0.2, 0.25) is 0 Å². The second-order valence-electron chi connectivity index (χ2n) is 3.61. The molecule has 0 radical (unpaired) electrons. The Kier molecular flexibility index (Phi) is 3.71. The monoisotopic (exact) mass is 291 g/mol. The molecular formula is C11H7N4O4S-. The molecule has 0 saturated carbocycles. The van der Waals surface area contributed by atoms with Crippen LogP contribution < -0.4 is 10.7 Å². The predicted molar refractivity (Wildman–Crippen MR) is 68.9 cm³/mol. The Morgan fingerprint density at radius 1 is 1.25 bits per heavy atom. The van der Waals surface area contributed by atoms with Crippen molar-refractivity contribution in [3.8, 4) is 5.88 Å². The number of H-pyrrole nitrogens is 2. The Hall–Kier alpha value is -2.81. The van der Waals surface area contributed by atoms with Crippen LogP contribution in [0.3, 0.4) is 0 Å². The van der Waals surface area contributed by atoms with Crippen LogP contribution >= 0.6 is 12.2 Å². The van der Waals surface area contributed by atoms with Crippen LogP contribution in [0.1, 0.15) is 10.4 Å². The van der Waals surface area contributed by atoms with Crippen LogP contribution in [0, 0.1) is 4.77 Å². The van der Waals surface area contributed by atoms with Crippen molar-refractivity contribution in [3.05, 3.63) is 45.0 Å². The first-order chi connectivity index (χ1) is 9.49. The average Bonchev–Trinajstić information content (AvgIpc) is 2.37. The Morgan fingerprint density at radius 2 is 1.95 bits per heavy atom. The third kappa shape index (κ3) is 2.78. The van der Waals surface area contributed by atoms with Gasteiger partial charge in [0.05, 0.1) is 11.7 Å². The number of nitrogens with one attached hydrogen (secondary N) is 2. The summed E-state index contributed by atoms with van der Waals surface area (Å²) in [5.74, 6) is -1.99. The standard InChI is InChI=1S/C11H8N4O4S/c16-8-7(9(17)13-11(20)12-8)15-14-6-4-2-1-3-5(6)10(18)19/h1-4H,(H,18,19)(H3,12,13,16,17,20)/p-1. The maximum absolute atomic E-state index is 11.5. The van der Waals surface area contributed by atoms with Gasteiger partial charge in [-0.25, -0.2) is 0 Å². The first-order valence-corrected chi connectivity index (χ1v) is 5.67. The summed E-state index contributed by atoms with van der Waals surface area (Å²) >= 11 is 4.65. The number of aromatic carboxylic acids is 1. The summed E-state index contributed by atoms with van der Waals surface area (Å²) in [6, 6.07) is 5.70.